The van der Waals surface area contributed by atoms with Crippen LogP contribution < -0.4 is 0 Å². The van der Waals surface area contributed by atoms with Crippen LogP contribution in [0.15, 0.2) is 24.3 Å². The van der Waals surface area contributed by atoms with Crippen LogP contribution in [0.4, 0.5) is 0 Å². The molecule has 11 atom stereocenters. The van der Waals surface area contributed by atoms with Crippen molar-refractivity contribution in [2.24, 2.45) is 0 Å². The molecule has 7 N–H and O–H groups in total. The molecule has 2 aliphatic rings. The summed E-state index contributed by atoms with van der Waals surface area (Å²) in [5, 5.41) is 72.3. The van der Waals surface area contributed by atoms with Crippen LogP contribution in [0.5, 0.6) is 0 Å². The lowest BCUT2D eigenvalue weighted by atomic mass is 9.98. The Labute approximate surface area is 447 Å². The number of unbranched alkanes of at least 4 members (excludes halogenated alkanes) is 30. The normalized spacial score (nSPS) is 24.8. The highest BCUT2D eigenvalue weighted by Gasteiger charge is 2.47. The van der Waals surface area contributed by atoms with E-state index in [1.165, 1.54) is 161 Å². The van der Waals surface area contributed by atoms with Gasteiger partial charge in [0.1, 0.15) is 55.4 Å². The highest BCUT2D eigenvalue weighted by atomic mass is 16.7. The number of rotatable bonds is 48. The third kappa shape index (κ3) is 32.7. The third-order valence-electron chi connectivity index (χ3n) is 14.4. The van der Waals surface area contributed by atoms with Gasteiger partial charge in [0.15, 0.2) is 18.7 Å². The van der Waals surface area contributed by atoms with Gasteiger partial charge in [-0.05, 0) is 64.2 Å². The first-order chi connectivity index (χ1) is 36.0. The van der Waals surface area contributed by atoms with Gasteiger partial charge in [0.05, 0.1) is 19.8 Å². The highest BCUT2D eigenvalue weighted by Crippen LogP contribution is 2.27. The molecule has 2 rings (SSSR count). The van der Waals surface area contributed by atoms with Crippen molar-refractivity contribution in [2.45, 2.75) is 313 Å². The molecule has 0 radical (unpaired) electrons. The number of esters is 2. The molecule has 4 unspecified atom stereocenters. The number of aliphatic hydroxyl groups excluding tert-OH is 7. The average molecular weight is 1060 g/mol. The first-order valence-electron chi connectivity index (χ1n) is 29.9. The topological polar surface area (TPSA) is 231 Å². The van der Waals surface area contributed by atoms with Crippen LogP contribution in [0, 0.1) is 0 Å². The second kappa shape index (κ2) is 45.9. The van der Waals surface area contributed by atoms with Crippen LogP contribution in [0.3, 0.4) is 0 Å². The van der Waals surface area contributed by atoms with Crippen LogP contribution in [0.2, 0.25) is 0 Å². The summed E-state index contributed by atoms with van der Waals surface area (Å²) in [6.07, 6.45) is 33.4. The minimum Gasteiger partial charge on any atom is -0.462 e. The predicted molar refractivity (Wildman–Crippen MR) is 289 cm³/mol. The second-order valence-corrected chi connectivity index (χ2v) is 21.2. The monoisotopic (exact) mass is 1060 g/mol. The Kier molecular flexibility index (Phi) is 42.3. The van der Waals surface area contributed by atoms with E-state index in [4.69, 9.17) is 28.4 Å². The summed E-state index contributed by atoms with van der Waals surface area (Å²) in [5.41, 5.74) is 0. The zero-order valence-corrected chi connectivity index (χ0v) is 46.3. The summed E-state index contributed by atoms with van der Waals surface area (Å²) < 4.78 is 33.7. The van der Waals surface area contributed by atoms with E-state index in [9.17, 15) is 45.3 Å². The van der Waals surface area contributed by atoms with E-state index < -0.39 is 92.7 Å². The van der Waals surface area contributed by atoms with Crippen LogP contribution in [-0.2, 0) is 38.0 Å². The lowest BCUT2D eigenvalue weighted by Crippen LogP contribution is -2.61. The van der Waals surface area contributed by atoms with Gasteiger partial charge in [-0.1, -0.05) is 192 Å². The number of hydrogen-bond donors (Lipinski definition) is 7. The number of ether oxygens (including phenoxy) is 6. The summed E-state index contributed by atoms with van der Waals surface area (Å²) in [6.45, 7) is 2.62. The minimum absolute atomic E-state index is 0.166. The molecule has 0 bridgehead atoms. The van der Waals surface area contributed by atoms with Gasteiger partial charge in [0, 0.05) is 12.8 Å². The Morgan fingerprint density at radius 2 is 0.770 bits per heavy atom. The molecule has 434 valence electrons. The van der Waals surface area contributed by atoms with Crippen LogP contribution >= 0.6 is 0 Å². The first-order valence-corrected chi connectivity index (χ1v) is 29.9. The molecular weight excluding hydrogens is 949 g/mol. The second-order valence-electron chi connectivity index (χ2n) is 21.2. The Hall–Kier alpha value is -2.02. The number of carbonyl (C=O) groups is 2. The van der Waals surface area contributed by atoms with Gasteiger partial charge in [-0.25, -0.2) is 0 Å². The fraction of sp³-hybridized carbons (Fsp3) is 0.898. The lowest BCUT2D eigenvalue weighted by molar-refractivity contribution is -0.332. The van der Waals surface area contributed by atoms with Crippen LogP contribution in [-0.4, -0.2) is 142 Å². The average Bonchev–Trinajstić information content (AvgIpc) is 3.39. The van der Waals surface area contributed by atoms with Gasteiger partial charge in [0.25, 0.3) is 0 Å². The summed E-state index contributed by atoms with van der Waals surface area (Å²) in [5.74, 6) is -0.919. The van der Waals surface area contributed by atoms with Gasteiger partial charge in [-0.2, -0.15) is 0 Å². The third-order valence-corrected chi connectivity index (χ3v) is 14.4. The molecule has 2 fully saturated rings. The van der Waals surface area contributed by atoms with E-state index in [-0.39, 0.29) is 26.1 Å². The van der Waals surface area contributed by atoms with Crippen molar-refractivity contribution < 1.29 is 73.8 Å². The fourth-order valence-corrected chi connectivity index (χ4v) is 9.50. The van der Waals surface area contributed by atoms with Gasteiger partial charge in [-0.3, -0.25) is 9.59 Å². The van der Waals surface area contributed by atoms with Crippen molar-refractivity contribution in [1.29, 1.82) is 0 Å². The van der Waals surface area contributed by atoms with E-state index in [2.05, 4.69) is 38.2 Å². The van der Waals surface area contributed by atoms with Crippen molar-refractivity contribution in [2.75, 3.05) is 26.4 Å². The molecule has 0 spiro atoms. The standard InChI is InChI=1S/C59H108O15/c1-3-5-7-9-11-13-15-17-19-21-22-23-24-26-28-30-32-34-36-38-40-42-51(62)72-47(44-69-50(61)41-39-37-35-33-31-29-27-25-20-18-16-14-12-10-8-6-4-2)45-70-58-57(68)55(66)53(64)49(74-58)46-71-59-56(67)54(65)52(63)48(43-60)73-59/h17-20,47-49,52-60,63-68H,3-16,21-46H2,1-2H3/b19-17+,20-18+/t47-,48+,49+,52-,53-,54?,55?,56?,57?,58+,59+/m1/s1. The highest BCUT2D eigenvalue weighted by molar-refractivity contribution is 5.70. The van der Waals surface area contributed by atoms with E-state index in [0.717, 1.165) is 44.9 Å². The van der Waals surface area contributed by atoms with Gasteiger partial charge >= 0.3 is 11.9 Å². The maximum absolute atomic E-state index is 13.1. The smallest absolute Gasteiger partial charge is 0.306 e. The molecule has 0 aliphatic carbocycles. The maximum atomic E-state index is 13.1. The minimum atomic E-state index is -1.76. The summed E-state index contributed by atoms with van der Waals surface area (Å²) in [4.78, 5) is 25.9. The zero-order chi connectivity index (χ0) is 53.9. The number of hydrogen-bond acceptors (Lipinski definition) is 15. The maximum Gasteiger partial charge on any atom is 0.306 e. The van der Waals surface area contributed by atoms with Gasteiger partial charge < -0.3 is 64.2 Å². The van der Waals surface area contributed by atoms with Crippen molar-refractivity contribution >= 4 is 11.9 Å². The van der Waals surface area contributed by atoms with Gasteiger partial charge in [0.2, 0.25) is 0 Å². The van der Waals surface area contributed by atoms with E-state index in [0.29, 0.717) is 12.8 Å². The summed E-state index contributed by atoms with van der Waals surface area (Å²) in [6, 6.07) is 0. The van der Waals surface area contributed by atoms with Crippen molar-refractivity contribution in [1.82, 2.24) is 0 Å². The number of aliphatic hydroxyl groups is 7. The molecule has 0 aromatic carbocycles. The largest absolute Gasteiger partial charge is 0.462 e. The quantitative estimate of drug-likeness (QED) is 0.0171. The van der Waals surface area contributed by atoms with Crippen LogP contribution in [0.1, 0.15) is 245 Å². The Bertz CT molecular complexity index is 1380. The Balaban J connectivity index is 1.74. The molecule has 0 saturated carbocycles. The molecule has 74 heavy (non-hydrogen) atoms. The molecule has 2 heterocycles. The predicted octanol–water partition coefficient (Wildman–Crippen LogP) is 10.3. The van der Waals surface area contributed by atoms with Gasteiger partial charge in [-0.15, -0.1) is 0 Å². The Morgan fingerprint density at radius 1 is 0.419 bits per heavy atom. The lowest BCUT2D eigenvalue weighted by Gasteiger charge is -2.42. The molecule has 2 aliphatic heterocycles. The Morgan fingerprint density at radius 3 is 1.19 bits per heavy atom. The first kappa shape index (κ1) is 68.1. The number of allylic oxidation sites excluding steroid dienone is 4. The zero-order valence-electron chi connectivity index (χ0n) is 46.3. The van der Waals surface area contributed by atoms with E-state index in [1.807, 2.05) is 0 Å². The molecule has 0 aromatic heterocycles. The summed E-state index contributed by atoms with van der Waals surface area (Å²) >= 11 is 0. The fourth-order valence-electron chi connectivity index (χ4n) is 9.50. The molecule has 0 aromatic rings. The van der Waals surface area contributed by atoms with Crippen molar-refractivity contribution in [3.05, 3.63) is 24.3 Å². The van der Waals surface area contributed by atoms with E-state index in [1.54, 1.807) is 0 Å². The SMILES string of the molecule is CCCCCCCC/C=C/CCCCCCCCCCCCCC(=O)O[C@H](COC(=O)CCCCCCCCC/C=C/CCCCCCCC)CO[C@H]1O[C@@H](CO[C@H]2O[C@@H](CO)[C@@H](O)C(O)C2O)[C@@H](O)C(O)C1O. The van der Waals surface area contributed by atoms with Crippen molar-refractivity contribution in [3.63, 3.8) is 0 Å². The van der Waals surface area contributed by atoms with E-state index >= 15 is 0 Å². The molecule has 15 nitrogen and oxygen atoms in total. The molecular formula is C59H108O15. The number of carbonyl (C=O) groups excluding carboxylic acids is 2. The van der Waals surface area contributed by atoms with Crippen molar-refractivity contribution in [3.8, 4) is 0 Å². The molecule has 15 heteroatoms. The molecule has 0 amide bonds. The van der Waals surface area contributed by atoms with Crippen LogP contribution in [0.25, 0.3) is 0 Å². The summed E-state index contributed by atoms with van der Waals surface area (Å²) in [7, 11) is 0. The molecule has 2 saturated heterocycles.